The van der Waals surface area contributed by atoms with Gasteiger partial charge in [-0.2, -0.15) is 0 Å². The second-order valence-corrected chi connectivity index (χ2v) is 7.25. The van der Waals surface area contributed by atoms with Crippen molar-refractivity contribution in [2.45, 2.75) is 76.9 Å². The number of ketones is 1. The largest absolute Gasteiger partial charge is 0.369 e. The van der Waals surface area contributed by atoms with Crippen LogP contribution in [-0.4, -0.2) is 22.9 Å². The minimum atomic E-state index is -2.57. The van der Waals surface area contributed by atoms with Gasteiger partial charge in [-0.15, -0.1) is 0 Å². The van der Waals surface area contributed by atoms with Crippen LogP contribution in [0.3, 0.4) is 0 Å². The lowest BCUT2D eigenvalue weighted by molar-refractivity contribution is -0.137. The Morgan fingerprint density at radius 3 is 2.05 bits per heavy atom. The summed E-state index contributed by atoms with van der Waals surface area (Å²) in [5, 5.41) is 0. The third kappa shape index (κ3) is 3.15. The summed E-state index contributed by atoms with van der Waals surface area (Å²) < 4.78 is 32.2. The molecule has 1 saturated heterocycles. The summed E-state index contributed by atoms with van der Waals surface area (Å²) in [5.41, 5.74) is -0.789. The fraction of sp³-hybridized carbons (Fsp3) is 0.933. The maximum Gasteiger partial charge on any atom is 0.248 e. The summed E-state index contributed by atoms with van der Waals surface area (Å²) >= 11 is 0. The van der Waals surface area contributed by atoms with Crippen LogP contribution in [0.1, 0.15) is 59.8 Å². The summed E-state index contributed by atoms with van der Waals surface area (Å²) in [7, 11) is 0. The second-order valence-electron chi connectivity index (χ2n) is 7.25. The van der Waals surface area contributed by atoms with Gasteiger partial charge in [0, 0.05) is 24.7 Å². The van der Waals surface area contributed by atoms with Crippen LogP contribution in [0.15, 0.2) is 0 Å². The number of ether oxygens (including phenoxy) is 1. The van der Waals surface area contributed by atoms with E-state index in [0.29, 0.717) is 19.3 Å². The Morgan fingerprint density at radius 1 is 1.11 bits per heavy atom. The third-order valence-corrected chi connectivity index (χ3v) is 4.54. The topological polar surface area (TPSA) is 26.3 Å². The molecular weight excluding hydrogens is 250 g/mol. The van der Waals surface area contributed by atoms with Gasteiger partial charge in [-0.3, -0.25) is 4.79 Å². The Kier molecular flexibility index (Phi) is 3.53. The molecule has 110 valence electrons. The van der Waals surface area contributed by atoms with Gasteiger partial charge in [-0.05, 0) is 47.0 Å². The van der Waals surface area contributed by atoms with Crippen LogP contribution in [0.4, 0.5) is 8.78 Å². The first-order valence-electron chi connectivity index (χ1n) is 7.14. The number of halogens is 2. The van der Waals surface area contributed by atoms with Crippen LogP contribution >= 0.6 is 0 Å². The molecule has 1 aliphatic carbocycles. The van der Waals surface area contributed by atoms with Crippen LogP contribution in [0.2, 0.25) is 0 Å². The van der Waals surface area contributed by atoms with Crippen molar-refractivity contribution in [2.24, 2.45) is 11.8 Å². The van der Waals surface area contributed by atoms with E-state index in [1.807, 2.05) is 27.7 Å². The fourth-order valence-electron chi connectivity index (χ4n) is 3.61. The molecule has 0 radical (unpaired) electrons. The van der Waals surface area contributed by atoms with Gasteiger partial charge in [0.25, 0.3) is 0 Å². The third-order valence-electron chi connectivity index (χ3n) is 4.54. The van der Waals surface area contributed by atoms with E-state index in [2.05, 4.69) is 0 Å². The van der Waals surface area contributed by atoms with Crippen LogP contribution in [0.25, 0.3) is 0 Å². The first-order valence-corrected chi connectivity index (χ1v) is 7.14. The molecule has 0 bridgehead atoms. The quantitative estimate of drug-likeness (QED) is 0.761. The number of carbonyl (C=O) groups excluding carboxylic acids is 1. The number of hydrogen-bond donors (Lipinski definition) is 0. The minimum Gasteiger partial charge on any atom is -0.369 e. The minimum absolute atomic E-state index is 0.131. The molecule has 2 nitrogen and oxygen atoms in total. The van der Waals surface area contributed by atoms with Crippen LogP contribution in [0.5, 0.6) is 0 Å². The Hall–Kier alpha value is -0.510. The van der Waals surface area contributed by atoms with Crippen molar-refractivity contribution in [1.29, 1.82) is 0 Å². The normalized spacial score (nSPS) is 33.3. The highest BCUT2D eigenvalue weighted by Gasteiger charge is 2.51. The zero-order valence-corrected chi connectivity index (χ0v) is 12.3. The molecule has 0 aromatic heterocycles. The van der Waals surface area contributed by atoms with Crippen molar-refractivity contribution in [2.75, 3.05) is 0 Å². The van der Waals surface area contributed by atoms with E-state index in [9.17, 15) is 13.6 Å². The lowest BCUT2D eigenvalue weighted by Crippen LogP contribution is -2.39. The Labute approximate surface area is 113 Å². The van der Waals surface area contributed by atoms with Crippen LogP contribution < -0.4 is 0 Å². The van der Waals surface area contributed by atoms with E-state index >= 15 is 0 Å². The molecule has 1 unspecified atom stereocenters. The Balaban J connectivity index is 2.05. The molecule has 0 spiro atoms. The van der Waals surface area contributed by atoms with E-state index in [0.717, 1.165) is 0 Å². The molecule has 4 heteroatoms. The van der Waals surface area contributed by atoms with Crippen molar-refractivity contribution in [3.8, 4) is 0 Å². The molecule has 0 aromatic carbocycles. The molecule has 0 amide bonds. The highest BCUT2D eigenvalue weighted by atomic mass is 19.3. The van der Waals surface area contributed by atoms with Crippen LogP contribution in [0, 0.1) is 11.8 Å². The van der Waals surface area contributed by atoms with Gasteiger partial charge < -0.3 is 4.74 Å². The van der Waals surface area contributed by atoms with E-state index in [1.54, 1.807) is 0 Å². The Morgan fingerprint density at radius 2 is 1.63 bits per heavy atom. The summed E-state index contributed by atoms with van der Waals surface area (Å²) in [4.78, 5) is 12.6. The predicted molar refractivity (Wildman–Crippen MR) is 69.3 cm³/mol. The molecule has 0 N–H and O–H groups in total. The average Bonchev–Trinajstić information content (AvgIpc) is 2.45. The molecule has 2 fully saturated rings. The van der Waals surface area contributed by atoms with Gasteiger partial charge >= 0.3 is 0 Å². The summed E-state index contributed by atoms with van der Waals surface area (Å²) in [6, 6.07) is 0. The molecule has 1 aliphatic heterocycles. The van der Waals surface area contributed by atoms with E-state index < -0.39 is 11.5 Å². The first kappa shape index (κ1) is 14.9. The standard InChI is InChI=1S/C15H24F2O2/c1-13(2)9-11(14(3,4)19-13)12(18)10-5-7-15(16,17)8-6-10/h10-11H,5-9H2,1-4H3. The maximum absolute atomic E-state index is 13.2. The van der Waals surface area contributed by atoms with Gasteiger partial charge in [-0.25, -0.2) is 8.78 Å². The number of rotatable bonds is 2. The number of Topliss-reactive ketones (excluding diaryl/α,β-unsaturated/α-hetero) is 1. The zero-order chi connectivity index (χ0) is 14.5. The number of hydrogen-bond acceptors (Lipinski definition) is 2. The van der Waals surface area contributed by atoms with Crippen molar-refractivity contribution < 1.29 is 18.3 Å². The monoisotopic (exact) mass is 274 g/mol. The van der Waals surface area contributed by atoms with Crippen molar-refractivity contribution >= 4 is 5.78 Å². The summed E-state index contributed by atoms with van der Waals surface area (Å²) in [6.45, 7) is 7.83. The van der Waals surface area contributed by atoms with Gasteiger partial charge in [0.15, 0.2) is 0 Å². The molecule has 1 saturated carbocycles. The van der Waals surface area contributed by atoms with E-state index in [4.69, 9.17) is 4.74 Å². The molecule has 1 heterocycles. The van der Waals surface area contributed by atoms with Gasteiger partial charge in [0.1, 0.15) is 5.78 Å². The van der Waals surface area contributed by atoms with Crippen molar-refractivity contribution in [3.63, 3.8) is 0 Å². The zero-order valence-electron chi connectivity index (χ0n) is 12.3. The van der Waals surface area contributed by atoms with Crippen molar-refractivity contribution in [3.05, 3.63) is 0 Å². The summed E-state index contributed by atoms with van der Waals surface area (Å²) in [6.07, 6.45) is 1.02. The fourth-order valence-corrected chi connectivity index (χ4v) is 3.61. The molecular formula is C15H24F2O2. The maximum atomic E-state index is 13.2. The highest BCUT2D eigenvalue weighted by molar-refractivity contribution is 5.85. The number of alkyl halides is 2. The van der Waals surface area contributed by atoms with Crippen LogP contribution in [-0.2, 0) is 9.53 Å². The van der Waals surface area contributed by atoms with E-state index in [1.165, 1.54) is 0 Å². The second kappa shape index (κ2) is 4.51. The van der Waals surface area contributed by atoms with Crippen molar-refractivity contribution in [1.82, 2.24) is 0 Å². The smallest absolute Gasteiger partial charge is 0.248 e. The predicted octanol–water partition coefficient (Wildman–Crippen LogP) is 3.97. The SMILES string of the molecule is CC1(C)CC(C(=O)C2CCC(F)(F)CC2)C(C)(C)O1. The van der Waals surface area contributed by atoms with Gasteiger partial charge in [0.05, 0.1) is 11.2 Å². The molecule has 2 rings (SSSR count). The molecule has 19 heavy (non-hydrogen) atoms. The average molecular weight is 274 g/mol. The summed E-state index contributed by atoms with van der Waals surface area (Å²) in [5.74, 6) is -2.82. The van der Waals surface area contributed by atoms with Gasteiger partial charge in [0.2, 0.25) is 5.92 Å². The highest BCUT2D eigenvalue weighted by Crippen LogP contribution is 2.46. The number of carbonyl (C=O) groups is 1. The Bertz CT molecular complexity index is 364. The molecule has 1 atom stereocenters. The van der Waals surface area contributed by atoms with E-state index in [-0.39, 0.29) is 36.1 Å². The molecule has 0 aromatic rings. The lowest BCUT2D eigenvalue weighted by atomic mass is 9.74. The first-order chi connectivity index (χ1) is 8.53. The van der Waals surface area contributed by atoms with Gasteiger partial charge in [-0.1, -0.05) is 0 Å². The molecule has 2 aliphatic rings. The lowest BCUT2D eigenvalue weighted by Gasteiger charge is -2.32.